The lowest BCUT2D eigenvalue weighted by molar-refractivity contribution is 0.380. The molecule has 1 rings (SSSR count). The number of nitrogens with one attached hydrogen (secondary N) is 1. The first-order chi connectivity index (χ1) is 7.24. The number of aryl methyl sites for hydroxylation is 1. The van der Waals surface area contributed by atoms with E-state index in [0.29, 0.717) is 6.04 Å². The lowest BCUT2D eigenvalue weighted by atomic mass is 10.0. The van der Waals surface area contributed by atoms with E-state index in [1.807, 2.05) is 23.1 Å². The fourth-order valence-electron chi connectivity index (χ4n) is 1.81. The molecule has 0 bridgehead atoms. The number of nitrogens with zero attached hydrogens (tertiary/aromatic N) is 2. The second-order valence-corrected chi connectivity index (χ2v) is 4.34. The molecule has 0 saturated heterocycles. The number of hydrogen-bond donors (Lipinski definition) is 1. The number of hydrogen-bond acceptors (Lipinski definition) is 2. The van der Waals surface area contributed by atoms with Gasteiger partial charge in [0.2, 0.25) is 0 Å². The van der Waals surface area contributed by atoms with Crippen LogP contribution in [0.15, 0.2) is 18.5 Å². The quantitative estimate of drug-likeness (QED) is 0.698. The van der Waals surface area contributed by atoms with E-state index < -0.39 is 0 Å². The van der Waals surface area contributed by atoms with Gasteiger partial charge in [-0.15, -0.1) is 0 Å². The molecule has 86 valence electrons. The first-order valence-electron chi connectivity index (χ1n) is 5.94. The van der Waals surface area contributed by atoms with Gasteiger partial charge in [-0.25, -0.2) is 0 Å². The summed E-state index contributed by atoms with van der Waals surface area (Å²) in [6, 6.07) is 2.62. The van der Waals surface area contributed by atoms with Crippen LogP contribution in [0.2, 0.25) is 0 Å². The normalized spacial score (nSPS) is 13.3. The van der Waals surface area contributed by atoms with Crippen molar-refractivity contribution in [2.24, 2.45) is 5.92 Å². The topological polar surface area (TPSA) is 29.9 Å². The van der Waals surface area contributed by atoms with Gasteiger partial charge in [-0.3, -0.25) is 4.68 Å². The third-order valence-corrected chi connectivity index (χ3v) is 2.77. The van der Waals surface area contributed by atoms with Gasteiger partial charge >= 0.3 is 0 Å². The maximum atomic E-state index is 4.18. The highest BCUT2D eigenvalue weighted by Gasteiger charge is 2.08. The molecule has 0 aliphatic carbocycles. The minimum absolute atomic E-state index is 0.655. The second kappa shape index (κ2) is 6.62. The standard InChI is InChI=1S/C12H23N3/c1-4-12(11(2)3)13-7-5-9-15-10-6-8-14-15/h6,8,10-13H,4-5,7,9H2,1-3H3. The van der Waals surface area contributed by atoms with Crippen molar-refractivity contribution in [1.82, 2.24) is 15.1 Å². The molecule has 0 aromatic carbocycles. The van der Waals surface area contributed by atoms with Crippen molar-refractivity contribution in [1.29, 1.82) is 0 Å². The minimum atomic E-state index is 0.655. The van der Waals surface area contributed by atoms with Gasteiger partial charge in [-0.2, -0.15) is 5.10 Å². The third kappa shape index (κ3) is 4.47. The van der Waals surface area contributed by atoms with Crippen LogP contribution < -0.4 is 5.32 Å². The highest BCUT2D eigenvalue weighted by atomic mass is 15.3. The Morgan fingerprint density at radius 3 is 2.73 bits per heavy atom. The largest absolute Gasteiger partial charge is 0.314 e. The van der Waals surface area contributed by atoms with Crippen LogP contribution in [0.3, 0.4) is 0 Å². The van der Waals surface area contributed by atoms with Crippen molar-refractivity contribution in [2.75, 3.05) is 6.54 Å². The van der Waals surface area contributed by atoms with E-state index in [-0.39, 0.29) is 0 Å². The summed E-state index contributed by atoms with van der Waals surface area (Å²) in [5.74, 6) is 0.722. The molecule has 3 heteroatoms. The summed E-state index contributed by atoms with van der Waals surface area (Å²) in [5.41, 5.74) is 0. The number of rotatable bonds is 7. The monoisotopic (exact) mass is 209 g/mol. The van der Waals surface area contributed by atoms with Crippen LogP contribution in [0.1, 0.15) is 33.6 Å². The summed E-state index contributed by atoms with van der Waals surface area (Å²) < 4.78 is 1.98. The summed E-state index contributed by atoms with van der Waals surface area (Å²) in [7, 11) is 0. The molecular weight excluding hydrogens is 186 g/mol. The Balaban J connectivity index is 2.10. The molecule has 3 nitrogen and oxygen atoms in total. The Labute approximate surface area is 92.9 Å². The molecular formula is C12H23N3. The third-order valence-electron chi connectivity index (χ3n) is 2.77. The van der Waals surface area contributed by atoms with Crippen LogP contribution in [0.5, 0.6) is 0 Å². The second-order valence-electron chi connectivity index (χ2n) is 4.34. The van der Waals surface area contributed by atoms with Gasteiger partial charge in [0.05, 0.1) is 0 Å². The van der Waals surface area contributed by atoms with E-state index in [2.05, 4.69) is 31.2 Å². The molecule has 0 spiro atoms. The summed E-state index contributed by atoms with van der Waals surface area (Å²) in [4.78, 5) is 0. The molecule has 1 heterocycles. The van der Waals surface area contributed by atoms with Crippen LogP contribution in [0.25, 0.3) is 0 Å². The SMILES string of the molecule is CCC(NCCCn1cccn1)C(C)C. The summed E-state index contributed by atoms with van der Waals surface area (Å²) >= 11 is 0. The first-order valence-corrected chi connectivity index (χ1v) is 5.94. The Kier molecular flexibility index (Phi) is 5.40. The van der Waals surface area contributed by atoms with Gasteiger partial charge in [0.1, 0.15) is 0 Å². The zero-order chi connectivity index (χ0) is 11.1. The fraction of sp³-hybridized carbons (Fsp3) is 0.750. The average Bonchev–Trinajstić information content (AvgIpc) is 2.70. The van der Waals surface area contributed by atoms with E-state index in [1.54, 1.807) is 0 Å². The van der Waals surface area contributed by atoms with Gasteiger partial charge in [0.25, 0.3) is 0 Å². The molecule has 0 aliphatic rings. The van der Waals surface area contributed by atoms with Crippen LogP contribution in [0.4, 0.5) is 0 Å². The molecule has 0 saturated carbocycles. The van der Waals surface area contributed by atoms with E-state index in [4.69, 9.17) is 0 Å². The van der Waals surface area contributed by atoms with Crippen LogP contribution in [0, 0.1) is 5.92 Å². The van der Waals surface area contributed by atoms with Gasteiger partial charge in [-0.05, 0) is 31.4 Å². The molecule has 1 aromatic heterocycles. The highest BCUT2D eigenvalue weighted by Crippen LogP contribution is 2.04. The molecule has 0 fully saturated rings. The molecule has 1 aromatic rings. The van der Waals surface area contributed by atoms with E-state index in [0.717, 1.165) is 25.4 Å². The summed E-state index contributed by atoms with van der Waals surface area (Å²) in [6.07, 6.45) is 6.19. The number of aromatic nitrogens is 2. The Morgan fingerprint density at radius 2 is 2.20 bits per heavy atom. The lowest BCUT2D eigenvalue weighted by Crippen LogP contribution is -2.34. The maximum Gasteiger partial charge on any atom is 0.0489 e. The van der Waals surface area contributed by atoms with E-state index in [1.165, 1.54) is 6.42 Å². The lowest BCUT2D eigenvalue weighted by Gasteiger charge is -2.20. The molecule has 15 heavy (non-hydrogen) atoms. The van der Waals surface area contributed by atoms with E-state index in [9.17, 15) is 0 Å². The van der Waals surface area contributed by atoms with Crippen molar-refractivity contribution in [3.63, 3.8) is 0 Å². The van der Waals surface area contributed by atoms with Crippen molar-refractivity contribution >= 4 is 0 Å². The smallest absolute Gasteiger partial charge is 0.0489 e. The van der Waals surface area contributed by atoms with Crippen LogP contribution >= 0.6 is 0 Å². The van der Waals surface area contributed by atoms with Gasteiger partial charge in [0, 0.05) is 25.0 Å². The first kappa shape index (κ1) is 12.2. The summed E-state index contributed by atoms with van der Waals surface area (Å²) in [5, 5.41) is 7.77. The molecule has 1 N–H and O–H groups in total. The maximum absolute atomic E-state index is 4.18. The van der Waals surface area contributed by atoms with Crippen molar-refractivity contribution in [3.05, 3.63) is 18.5 Å². The zero-order valence-corrected chi connectivity index (χ0v) is 10.1. The average molecular weight is 209 g/mol. The minimum Gasteiger partial charge on any atom is -0.314 e. The Hall–Kier alpha value is -0.830. The summed E-state index contributed by atoms with van der Waals surface area (Å²) in [6.45, 7) is 8.87. The van der Waals surface area contributed by atoms with Crippen LogP contribution in [-0.4, -0.2) is 22.4 Å². The van der Waals surface area contributed by atoms with Gasteiger partial charge < -0.3 is 5.32 Å². The zero-order valence-electron chi connectivity index (χ0n) is 10.1. The van der Waals surface area contributed by atoms with Crippen molar-refractivity contribution < 1.29 is 0 Å². The molecule has 1 unspecified atom stereocenters. The Morgan fingerprint density at radius 1 is 1.40 bits per heavy atom. The van der Waals surface area contributed by atoms with Crippen molar-refractivity contribution in [3.8, 4) is 0 Å². The highest BCUT2D eigenvalue weighted by molar-refractivity contribution is 4.77. The van der Waals surface area contributed by atoms with Gasteiger partial charge in [0.15, 0.2) is 0 Å². The van der Waals surface area contributed by atoms with Crippen molar-refractivity contribution in [2.45, 2.75) is 46.2 Å². The molecule has 0 radical (unpaired) electrons. The predicted molar refractivity (Wildman–Crippen MR) is 63.8 cm³/mol. The fourth-order valence-corrected chi connectivity index (χ4v) is 1.81. The molecule has 0 aliphatic heterocycles. The molecule has 1 atom stereocenters. The molecule has 0 amide bonds. The predicted octanol–water partition coefficient (Wildman–Crippen LogP) is 2.30. The van der Waals surface area contributed by atoms with E-state index >= 15 is 0 Å². The van der Waals surface area contributed by atoms with Crippen LogP contribution in [-0.2, 0) is 6.54 Å². The van der Waals surface area contributed by atoms with Gasteiger partial charge in [-0.1, -0.05) is 20.8 Å². The Bertz CT molecular complexity index is 241.